The number of amides is 1. The molecule has 0 radical (unpaired) electrons. The first-order valence-electron chi connectivity index (χ1n) is 7.24. The van der Waals surface area contributed by atoms with E-state index in [2.05, 4.69) is 26.1 Å². The minimum absolute atomic E-state index is 0.0939. The Morgan fingerprint density at radius 1 is 1.00 bits per heavy atom. The van der Waals surface area contributed by atoms with Gasteiger partial charge in [0.2, 0.25) is 0 Å². The van der Waals surface area contributed by atoms with E-state index in [4.69, 9.17) is 9.05 Å². The maximum atomic E-state index is 11.7. The molecule has 0 aromatic rings. The van der Waals surface area contributed by atoms with Gasteiger partial charge in [-0.25, -0.2) is 4.79 Å². The topological polar surface area (TPSA) is 64.6 Å². The summed E-state index contributed by atoms with van der Waals surface area (Å²) in [5.74, 6) is -0.356. The van der Waals surface area contributed by atoms with Gasteiger partial charge in [0, 0.05) is 5.54 Å². The molecule has 1 atom stereocenters. The Balaban J connectivity index is 4.20. The smallest absolute Gasteiger partial charge is 0.408 e. The molecule has 0 aromatic heterocycles. The first-order valence-corrected chi connectivity index (χ1v) is 8.06. The van der Waals surface area contributed by atoms with Gasteiger partial charge in [-0.1, -0.05) is 27.7 Å². The van der Waals surface area contributed by atoms with E-state index in [9.17, 15) is 9.59 Å². The van der Waals surface area contributed by atoms with Gasteiger partial charge >= 0.3 is 12.1 Å². The average Bonchev–Trinajstić information content (AvgIpc) is 2.24. The average molecular weight is 319 g/mol. The van der Waals surface area contributed by atoms with Crippen LogP contribution in [0.5, 0.6) is 0 Å². The summed E-state index contributed by atoms with van der Waals surface area (Å²) in [4.78, 5) is 23.5. The summed E-state index contributed by atoms with van der Waals surface area (Å²) in [6, 6.07) is 0. The second kappa shape index (κ2) is 7.44. The third-order valence-electron chi connectivity index (χ3n) is 3.12. The van der Waals surface area contributed by atoms with Crippen molar-refractivity contribution in [1.82, 2.24) is 5.32 Å². The Hall–Kier alpha value is -0.830. The van der Waals surface area contributed by atoms with Crippen LogP contribution < -0.4 is 5.32 Å². The van der Waals surface area contributed by atoms with Crippen molar-refractivity contribution >= 4 is 21.1 Å². The molecule has 0 bridgehead atoms. The van der Waals surface area contributed by atoms with E-state index in [1.54, 1.807) is 13.8 Å². The first-order chi connectivity index (χ1) is 9.29. The molecule has 21 heavy (non-hydrogen) atoms. The third kappa shape index (κ3) is 8.92. The molecule has 0 saturated carbocycles. The fraction of sp³-hybridized carbons (Fsp3) is 0.867. The normalized spacial score (nSPS) is 13.3. The van der Waals surface area contributed by atoms with E-state index in [1.807, 2.05) is 20.8 Å². The van der Waals surface area contributed by atoms with Crippen LogP contribution in [-0.2, 0) is 13.8 Å². The van der Waals surface area contributed by atoms with Gasteiger partial charge in [0.15, 0.2) is 0 Å². The molecule has 0 fully saturated rings. The minimum Gasteiger partial charge on any atom is -0.408 e. The van der Waals surface area contributed by atoms with Gasteiger partial charge in [0.05, 0.1) is 5.41 Å². The van der Waals surface area contributed by atoms with Crippen molar-refractivity contribution in [1.29, 1.82) is 0 Å². The maximum Gasteiger partial charge on any atom is 0.412 e. The number of hydrogen-bond acceptors (Lipinski definition) is 4. The van der Waals surface area contributed by atoms with Crippen LogP contribution in [0.4, 0.5) is 4.79 Å². The van der Waals surface area contributed by atoms with Gasteiger partial charge in [0.1, 0.15) is 0 Å². The van der Waals surface area contributed by atoms with E-state index in [-0.39, 0.29) is 16.9 Å². The molecular weight excluding hydrogens is 289 g/mol. The van der Waals surface area contributed by atoms with Crippen LogP contribution in [0.2, 0.25) is 0 Å². The molecule has 1 unspecified atom stereocenters. The SMILES string of the molecule is CCC(C)(C)C(=O)OPOC(=O)NC(C)(C)CC(C)(C)C. The van der Waals surface area contributed by atoms with Gasteiger partial charge < -0.3 is 14.4 Å². The Morgan fingerprint density at radius 2 is 1.52 bits per heavy atom. The number of carbonyl (C=O) groups is 2. The highest BCUT2D eigenvalue weighted by atomic mass is 31.1. The van der Waals surface area contributed by atoms with Gasteiger partial charge in [-0.3, -0.25) is 4.79 Å². The van der Waals surface area contributed by atoms with Crippen LogP contribution in [0, 0.1) is 10.8 Å². The molecule has 6 heteroatoms. The second-order valence-corrected chi connectivity index (χ2v) is 8.42. The lowest BCUT2D eigenvalue weighted by molar-refractivity contribution is -0.143. The lowest BCUT2D eigenvalue weighted by atomic mass is 9.82. The van der Waals surface area contributed by atoms with E-state index in [0.717, 1.165) is 6.42 Å². The van der Waals surface area contributed by atoms with Gasteiger partial charge in [0.25, 0.3) is 9.03 Å². The summed E-state index contributed by atoms with van der Waals surface area (Å²) in [5.41, 5.74) is -0.846. The summed E-state index contributed by atoms with van der Waals surface area (Å²) in [6.07, 6.45) is 0.909. The number of hydrogen-bond donors (Lipinski definition) is 1. The molecule has 0 aliphatic carbocycles. The standard InChI is InChI=1S/C15H30NO4P/c1-9-14(5,6)11(17)19-21-20-12(18)16-15(7,8)10-13(2,3)4/h21H,9-10H2,1-8H3,(H,16,18). The molecule has 0 aliphatic rings. The summed E-state index contributed by atoms with van der Waals surface area (Å²) < 4.78 is 9.93. The predicted molar refractivity (Wildman–Crippen MR) is 86.2 cm³/mol. The molecule has 0 aliphatic heterocycles. The van der Waals surface area contributed by atoms with Crippen LogP contribution in [0.1, 0.15) is 68.2 Å². The summed E-state index contributed by atoms with van der Waals surface area (Å²) in [7, 11) is -0.618. The van der Waals surface area contributed by atoms with E-state index < -0.39 is 20.5 Å². The molecule has 124 valence electrons. The monoisotopic (exact) mass is 319 g/mol. The highest BCUT2D eigenvalue weighted by molar-refractivity contribution is 7.27. The lowest BCUT2D eigenvalue weighted by Crippen LogP contribution is -2.45. The Kier molecular flexibility index (Phi) is 7.14. The van der Waals surface area contributed by atoms with Gasteiger partial charge in [-0.15, -0.1) is 0 Å². The molecule has 0 aromatic carbocycles. The van der Waals surface area contributed by atoms with Gasteiger partial charge in [-0.05, 0) is 46.0 Å². The molecule has 0 saturated heterocycles. The largest absolute Gasteiger partial charge is 0.412 e. The van der Waals surface area contributed by atoms with Crippen molar-refractivity contribution in [3.8, 4) is 0 Å². The number of carbonyl (C=O) groups excluding carboxylic acids is 2. The van der Waals surface area contributed by atoms with Crippen LogP contribution in [0.15, 0.2) is 0 Å². The van der Waals surface area contributed by atoms with Crippen molar-refractivity contribution in [2.45, 2.75) is 73.8 Å². The van der Waals surface area contributed by atoms with Crippen molar-refractivity contribution in [3.05, 3.63) is 0 Å². The zero-order valence-electron chi connectivity index (χ0n) is 14.5. The second-order valence-electron chi connectivity index (χ2n) is 7.85. The molecule has 0 rings (SSSR count). The Labute approximate surface area is 130 Å². The Morgan fingerprint density at radius 3 is 1.95 bits per heavy atom. The van der Waals surface area contributed by atoms with Crippen LogP contribution >= 0.6 is 9.03 Å². The first kappa shape index (κ1) is 20.2. The number of rotatable bonds is 6. The molecule has 0 heterocycles. The van der Waals surface area contributed by atoms with Crippen LogP contribution in [0.3, 0.4) is 0 Å². The van der Waals surface area contributed by atoms with E-state index in [1.165, 1.54) is 0 Å². The summed E-state index contributed by atoms with van der Waals surface area (Å²) in [5, 5.41) is 2.79. The summed E-state index contributed by atoms with van der Waals surface area (Å²) >= 11 is 0. The van der Waals surface area contributed by atoms with Crippen LogP contribution in [-0.4, -0.2) is 17.6 Å². The third-order valence-corrected chi connectivity index (χ3v) is 3.66. The quantitative estimate of drug-likeness (QED) is 0.736. The zero-order chi connectivity index (χ0) is 16.9. The molecule has 1 amide bonds. The molecule has 1 N–H and O–H groups in total. The fourth-order valence-electron chi connectivity index (χ4n) is 2.05. The van der Waals surface area contributed by atoms with Crippen molar-refractivity contribution in [2.75, 3.05) is 0 Å². The van der Waals surface area contributed by atoms with E-state index >= 15 is 0 Å². The van der Waals surface area contributed by atoms with Gasteiger partial charge in [-0.2, -0.15) is 0 Å². The molecular formula is C15H30NO4P. The predicted octanol–water partition coefficient (Wildman–Crippen LogP) is 4.42. The highest BCUT2D eigenvalue weighted by Crippen LogP contribution is 2.29. The van der Waals surface area contributed by atoms with Crippen LogP contribution in [0.25, 0.3) is 0 Å². The molecule has 0 spiro atoms. The fourth-order valence-corrected chi connectivity index (χ4v) is 2.57. The number of nitrogens with one attached hydrogen (secondary N) is 1. The minimum atomic E-state index is -0.618. The Bertz CT molecular complexity index is 372. The van der Waals surface area contributed by atoms with Crippen molar-refractivity contribution in [3.63, 3.8) is 0 Å². The summed E-state index contributed by atoms with van der Waals surface area (Å²) in [6.45, 7) is 15.7. The highest BCUT2D eigenvalue weighted by Gasteiger charge is 2.29. The van der Waals surface area contributed by atoms with Crippen molar-refractivity contribution in [2.24, 2.45) is 10.8 Å². The van der Waals surface area contributed by atoms with E-state index in [0.29, 0.717) is 6.42 Å². The van der Waals surface area contributed by atoms with Crippen molar-refractivity contribution < 1.29 is 18.6 Å². The zero-order valence-corrected chi connectivity index (χ0v) is 15.5. The molecule has 5 nitrogen and oxygen atoms in total. The lowest BCUT2D eigenvalue weighted by Gasteiger charge is -2.32. The maximum absolute atomic E-state index is 11.7.